The molecule has 1 atom stereocenters. The van der Waals surface area contributed by atoms with Crippen LogP contribution in [0.1, 0.15) is 32.6 Å². The molecule has 0 aliphatic carbocycles. The first-order valence-electron chi connectivity index (χ1n) is 9.25. The van der Waals surface area contributed by atoms with Gasteiger partial charge < -0.3 is 10.2 Å². The molecule has 0 aromatic rings. The number of halogens is 1. The first kappa shape index (κ1) is 20.9. The molecule has 0 aromatic carbocycles. The Hall–Kier alpha value is -0.410. The van der Waals surface area contributed by atoms with E-state index >= 15 is 0 Å². The lowest BCUT2D eigenvalue weighted by atomic mass is 9.88. The van der Waals surface area contributed by atoms with Crippen molar-refractivity contribution in [3.05, 3.63) is 0 Å². The Morgan fingerprint density at radius 3 is 1.92 bits per heavy atom. The fourth-order valence-corrected chi connectivity index (χ4v) is 5.40. The molecule has 25 heavy (non-hydrogen) atoms. The number of carbonyl (C=O) groups excluding carboxylic acids is 1. The van der Waals surface area contributed by atoms with Crippen molar-refractivity contribution < 1.29 is 13.2 Å². The van der Waals surface area contributed by atoms with Gasteiger partial charge in [0.15, 0.2) is 0 Å². The van der Waals surface area contributed by atoms with Crippen molar-refractivity contribution in [2.75, 3.05) is 52.4 Å². The number of carbonyl (C=O) groups is 1. The average Bonchev–Trinajstić information content (AvgIpc) is 2.82. The molecule has 146 valence electrons. The summed E-state index contributed by atoms with van der Waals surface area (Å²) in [5.74, 6) is 0.629. The zero-order valence-electron chi connectivity index (χ0n) is 15.0. The van der Waals surface area contributed by atoms with Crippen LogP contribution >= 0.6 is 12.4 Å². The Morgan fingerprint density at radius 2 is 1.44 bits per heavy atom. The number of amides is 1. The summed E-state index contributed by atoms with van der Waals surface area (Å²) in [6, 6.07) is 0. The van der Waals surface area contributed by atoms with Gasteiger partial charge in [0.05, 0.1) is 0 Å². The van der Waals surface area contributed by atoms with E-state index in [9.17, 15) is 13.2 Å². The molecule has 3 aliphatic heterocycles. The highest BCUT2D eigenvalue weighted by molar-refractivity contribution is 7.86. The van der Waals surface area contributed by atoms with Crippen molar-refractivity contribution in [2.45, 2.75) is 32.6 Å². The minimum Gasteiger partial charge on any atom is -0.340 e. The summed E-state index contributed by atoms with van der Waals surface area (Å²) in [6.07, 6.45) is 4.12. The van der Waals surface area contributed by atoms with Crippen LogP contribution in [-0.2, 0) is 15.0 Å². The highest BCUT2D eigenvalue weighted by Gasteiger charge is 2.36. The van der Waals surface area contributed by atoms with Gasteiger partial charge in [-0.15, -0.1) is 12.4 Å². The van der Waals surface area contributed by atoms with Crippen molar-refractivity contribution >= 4 is 28.5 Å². The zero-order chi connectivity index (χ0) is 17.2. The van der Waals surface area contributed by atoms with Gasteiger partial charge in [0.2, 0.25) is 5.91 Å². The van der Waals surface area contributed by atoms with E-state index in [1.165, 1.54) is 0 Å². The van der Waals surface area contributed by atoms with Gasteiger partial charge in [0, 0.05) is 45.2 Å². The molecule has 0 saturated carbocycles. The van der Waals surface area contributed by atoms with Gasteiger partial charge in [-0.1, -0.05) is 19.8 Å². The van der Waals surface area contributed by atoms with E-state index in [0.717, 1.165) is 38.8 Å². The van der Waals surface area contributed by atoms with Gasteiger partial charge in [-0.05, 0) is 31.8 Å². The minimum atomic E-state index is -3.37. The molecular formula is C16H31ClN4O3S. The maximum Gasteiger partial charge on any atom is 0.282 e. The lowest BCUT2D eigenvalue weighted by Crippen LogP contribution is -2.57. The summed E-state index contributed by atoms with van der Waals surface area (Å²) in [7, 11) is -3.37. The Morgan fingerprint density at radius 1 is 0.920 bits per heavy atom. The fourth-order valence-electron chi connectivity index (χ4n) is 3.73. The third kappa shape index (κ3) is 4.66. The molecule has 0 bridgehead atoms. The molecule has 0 aromatic heterocycles. The van der Waals surface area contributed by atoms with Crippen LogP contribution in [-0.4, -0.2) is 80.2 Å². The zero-order valence-corrected chi connectivity index (χ0v) is 16.7. The molecule has 3 heterocycles. The molecular weight excluding hydrogens is 364 g/mol. The van der Waals surface area contributed by atoms with Crippen LogP contribution < -0.4 is 5.32 Å². The minimum absolute atomic E-state index is 0. The second-order valence-corrected chi connectivity index (χ2v) is 9.18. The van der Waals surface area contributed by atoms with Gasteiger partial charge in [0.25, 0.3) is 10.2 Å². The van der Waals surface area contributed by atoms with Crippen molar-refractivity contribution in [3.8, 4) is 0 Å². The van der Waals surface area contributed by atoms with Gasteiger partial charge in [-0.3, -0.25) is 4.79 Å². The van der Waals surface area contributed by atoms with Crippen LogP contribution in [0.4, 0.5) is 0 Å². The summed E-state index contributed by atoms with van der Waals surface area (Å²) < 4.78 is 28.8. The van der Waals surface area contributed by atoms with Crippen molar-refractivity contribution in [3.63, 3.8) is 0 Å². The monoisotopic (exact) mass is 394 g/mol. The molecule has 0 spiro atoms. The van der Waals surface area contributed by atoms with Gasteiger partial charge >= 0.3 is 0 Å². The molecule has 0 radical (unpaired) electrons. The van der Waals surface area contributed by atoms with Crippen LogP contribution in [0.25, 0.3) is 0 Å². The Balaban J connectivity index is 0.00000225. The topological polar surface area (TPSA) is 73.0 Å². The van der Waals surface area contributed by atoms with E-state index in [-0.39, 0.29) is 24.2 Å². The lowest BCUT2D eigenvalue weighted by molar-refractivity contribution is -0.138. The van der Waals surface area contributed by atoms with Crippen LogP contribution in [0.2, 0.25) is 0 Å². The number of nitrogens with one attached hydrogen (secondary N) is 1. The van der Waals surface area contributed by atoms with Crippen LogP contribution in [0.3, 0.4) is 0 Å². The van der Waals surface area contributed by atoms with E-state index < -0.39 is 10.2 Å². The van der Waals surface area contributed by atoms with Crippen molar-refractivity contribution in [1.82, 2.24) is 18.8 Å². The number of hydrogen-bond acceptors (Lipinski definition) is 4. The number of hydrogen-bond donors (Lipinski definition) is 1. The second-order valence-electron chi connectivity index (χ2n) is 7.25. The fraction of sp³-hybridized carbons (Fsp3) is 0.938. The maximum absolute atomic E-state index is 12.8. The normalized spacial score (nSPS) is 25.6. The van der Waals surface area contributed by atoms with Crippen LogP contribution in [0.5, 0.6) is 0 Å². The van der Waals surface area contributed by atoms with Gasteiger partial charge in [-0.2, -0.15) is 17.0 Å². The van der Waals surface area contributed by atoms with Crippen LogP contribution in [0.15, 0.2) is 0 Å². The quantitative estimate of drug-likeness (QED) is 0.754. The summed E-state index contributed by atoms with van der Waals surface area (Å²) >= 11 is 0. The molecule has 3 rings (SSSR count). The largest absolute Gasteiger partial charge is 0.340 e. The Kier molecular flexibility index (Phi) is 7.52. The molecule has 7 nitrogen and oxygen atoms in total. The smallest absolute Gasteiger partial charge is 0.282 e. The van der Waals surface area contributed by atoms with E-state index in [4.69, 9.17) is 0 Å². The lowest BCUT2D eigenvalue weighted by Gasteiger charge is -2.39. The molecule has 1 amide bonds. The molecule has 3 saturated heterocycles. The first-order chi connectivity index (χ1) is 11.5. The number of piperazine rings is 1. The SMILES string of the molecule is CC(C(=O)N1CCN(S(=O)(=O)N2CCCCCC2)CC1)C1CNC1.Cl. The van der Waals surface area contributed by atoms with E-state index in [2.05, 4.69) is 5.32 Å². The number of rotatable bonds is 4. The summed E-state index contributed by atoms with van der Waals surface area (Å²) in [4.78, 5) is 14.4. The van der Waals surface area contributed by atoms with Crippen molar-refractivity contribution in [2.24, 2.45) is 11.8 Å². The summed E-state index contributed by atoms with van der Waals surface area (Å²) in [6.45, 7) is 6.94. The molecule has 3 aliphatic rings. The maximum atomic E-state index is 12.8. The first-order valence-corrected chi connectivity index (χ1v) is 10.6. The third-order valence-electron chi connectivity index (χ3n) is 5.68. The molecule has 3 fully saturated rings. The van der Waals surface area contributed by atoms with Gasteiger partial charge in [0.1, 0.15) is 0 Å². The standard InChI is InChI=1S/C16H30N4O3S.ClH/c1-14(15-12-17-13-15)16(21)18-8-10-20(11-9-18)24(22,23)19-6-4-2-3-5-7-19;/h14-15,17H,2-13H2,1H3;1H. The Labute approximate surface area is 157 Å². The number of nitrogens with zero attached hydrogens (tertiary/aromatic N) is 3. The molecule has 1 N–H and O–H groups in total. The third-order valence-corrected chi connectivity index (χ3v) is 7.71. The van der Waals surface area contributed by atoms with Crippen LogP contribution in [0, 0.1) is 11.8 Å². The molecule has 9 heteroatoms. The molecule has 1 unspecified atom stereocenters. The van der Waals surface area contributed by atoms with E-state index in [0.29, 0.717) is 45.2 Å². The second kappa shape index (κ2) is 8.99. The highest BCUT2D eigenvalue weighted by Crippen LogP contribution is 2.21. The van der Waals surface area contributed by atoms with E-state index in [1.807, 2.05) is 11.8 Å². The predicted molar refractivity (Wildman–Crippen MR) is 99.9 cm³/mol. The Bertz CT molecular complexity index is 540. The van der Waals surface area contributed by atoms with E-state index in [1.54, 1.807) is 8.61 Å². The summed E-state index contributed by atoms with van der Waals surface area (Å²) in [5, 5.41) is 3.20. The highest BCUT2D eigenvalue weighted by atomic mass is 35.5. The summed E-state index contributed by atoms with van der Waals surface area (Å²) in [5.41, 5.74) is 0. The van der Waals surface area contributed by atoms with Gasteiger partial charge in [-0.25, -0.2) is 0 Å². The van der Waals surface area contributed by atoms with Crippen molar-refractivity contribution in [1.29, 1.82) is 0 Å². The average molecular weight is 395 g/mol. The predicted octanol–water partition coefficient (Wildman–Crippen LogP) is 0.529.